The topological polar surface area (TPSA) is 75.7 Å². The van der Waals surface area contributed by atoms with Gasteiger partial charge in [-0.1, -0.05) is 35.9 Å². The van der Waals surface area contributed by atoms with Crippen molar-refractivity contribution >= 4 is 27.3 Å². The van der Waals surface area contributed by atoms with Gasteiger partial charge in [-0.15, -0.1) is 0 Å². The molecular weight excluding hydrogens is 412 g/mol. The number of nitrogens with one attached hydrogen (secondary N) is 1. The quantitative estimate of drug-likeness (QED) is 0.632. The zero-order valence-electron chi connectivity index (χ0n) is 17.5. The molecule has 0 spiro atoms. The number of carbonyl (C=O) groups excluding carboxylic acids is 1. The van der Waals surface area contributed by atoms with Gasteiger partial charge in [0.1, 0.15) is 5.75 Å². The van der Waals surface area contributed by atoms with E-state index in [1.165, 1.54) is 16.4 Å². The summed E-state index contributed by atoms with van der Waals surface area (Å²) >= 11 is 0. The summed E-state index contributed by atoms with van der Waals surface area (Å²) in [7, 11) is -3.66. The van der Waals surface area contributed by atoms with E-state index in [1.54, 1.807) is 12.1 Å². The molecule has 1 heterocycles. The molecule has 31 heavy (non-hydrogen) atoms. The SMILES string of the molecule is Cc1ccc(OCC(=O)Nc2ccc(S(=O)(=O)N3CCc4ccccc43)cc2)c(C)c1. The van der Waals surface area contributed by atoms with Crippen molar-refractivity contribution in [1.82, 2.24) is 0 Å². The lowest BCUT2D eigenvalue weighted by molar-refractivity contribution is -0.118. The van der Waals surface area contributed by atoms with Crippen LogP contribution in [-0.4, -0.2) is 27.5 Å². The fourth-order valence-electron chi connectivity index (χ4n) is 3.70. The molecule has 0 radical (unpaired) electrons. The van der Waals surface area contributed by atoms with Crippen LogP contribution in [0.25, 0.3) is 0 Å². The Labute approximate surface area is 182 Å². The molecule has 0 saturated carbocycles. The Kier molecular flexibility index (Phi) is 5.69. The van der Waals surface area contributed by atoms with Gasteiger partial charge in [0.2, 0.25) is 0 Å². The molecule has 0 aromatic heterocycles. The number of para-hydroxylation sites is 1. The molecule has 1 aliphatic rings. The van der Waals surface area contributed by atoms with E-state index in [0.717, 1.165) is 22.4 Å². The lowest BCUT2D eigenvalue weighted by Gasteiger charge is -2.19. The highest BCUT2D eigenvalue weighted by atomic mass is 32.2. The highest BCUT2D eigenvalue weighted by Gasteiger charge is 2.30. The Balaban J connectivity index is 1.40. The third-order valence-electron chi connectivity index (χ3n) is 5.26. The van der Waals surface area contributed by atoms with Gasteiger partial charge in [-0.05, 0) is 67.8 Å². The first-order chi connectivity index (χ1) is 14.8. The summed E-state index contributed by atoms with van der Waals surface area (Å²) in [4.78, 5) is 12.4. The van der Waals surface area contributed by atoms with Crippen LogP contribution in [0.5, 0.6) is 5.75 Å². The van der Waals surface area contributed by atoms with Crippen LogP contribution in [0.4, 0.5) is 11.4 Å². The summed E-state index contributed by atoms with van der Waals surface area (Å²) in [5, 5.41) is 2.73. The first-order valence-electron chi connectivity index (χ1n) is 10.1. The van der Waals surface area contributed by atoms with E-state index >= 15 is 0 Å². The van der Waals surface area contributed by atoms with Gasteiger partial charge in [-0.2, -0.15) is 0 Å². The molecule has 0 bridgehead atoms. The van der Waals surface area contributed by atoms with E-state index < -0.39 is 10.0 Å². The number of fused-ring (bicyclic) bond motifs is 1. The van der Waals surface area contributed by atoms with Crippen molar-refractivity contribution < 1.29 is 17.9 Å². The Morgan fingerprint density at radius 1 is 1.03 bits per heavy atom. The zero-order chi connectivity index (χ0) is 22.0. The number of sulfonamides is 1. The van der Waals surface area contributed by atoms with Crippen LogP contribution in [-0.2, 0) is 21.2 Å². The second kappa shape index (κ2) is 8.43. The first kappa shape index (κ1) is 20.9. The third kappa shape index (κ3) is 4.41. The first-order valence-corrected chi connectivity index (χ1v) is 11.5. The maximum Gasteiger partial charge on any atom is 0.264 e. The van der Waals surface area contributed by atoms with Crippen LogP contribution < -0.4 is 14.4 Å². The molecule has 3 aromatic rings. The van der Waals surface area contributed by atoms with Gasteiger partial charge in [0.25, 0.3) is 15.9 Å². The summed E-state index contributed by atoms with van der Waals surface area (Å²) < 4.78 is 33.2. The van der Waals surface area contributed by atoms with E-state index in [2.05, 4.69) is 5.32 Å². The molecule has 0 aliphatic carbocycles. The minimum Gasteiger partial charge on any atom is -0.483 e. The number of rotatable bonds is 6. The number of amides is 1. The van der Waals surface area contributed by atoms with Gasteiger partial charge < -0.3 is 10.1 Å². The molecule has 4 rings (SSSR count). The van der Waals surface area contributed by atoms with E-state index in [0.29, 0.717) is 24.4 Å². The normalized spacial score (nSPS) is 13.0. The van der Waals surface area contributed by atoms with Crippen molar-refractivity contribution in [2.24, 2.45) is 0 Å². The molecule has 160 valence electrons. The average molecular weight is 437 g/mol. The Morgan fingerprint density at radius 2 is 1.77 bits per heavy atom. The fraction of sp³-hybridized carbons (Fsp3) is 0.208. The van der Waals surface area contributed by atoms with Gasteiger partial charge in [-0.3, -0.25) is 9.10 Å². The highest BCUT2D eigenvalue weighted by molar-refractivity contribution is 7.92. The predicted molar refractivity (Wildman–Crippen MR) is 121 cm³/mol. The monoisotopic (exact) mass is 436 g/mol. The van der Waals surface area contributed by atoms with Gasteiger partial charge >= 0.3 is 0 Å². The Hall–Kier alpha value is -3.32. The fourth-order valence-corrected chi connectivity index (χ4v) is 5.20. The minimum atomic E-state index is -3.66. The van der Waals surface area contributed by atoms with Crippen LogP contribution in [0.1, 0.15) is 16.7 Å². The molecule has 7 heteroatoms. The number of ether oxygens (including phenoxy) is 1. The molecular formula is C24H24N2O4S. The average Bonchev–Trinajstić information content (AvgIpc) is 3.18. The highest BCUT2D eigenvalue weighted by Crippen LogP contribution is 2.32. The molecule has 3 aromatic carbocycles. The van der Waals surface area contributed by atoms with Crippen molar-refractivity contribution in [3.63, 3.8) is 0 Å². The van der Waals surface area contributed by atoms with Gasteiger partial charge in [0, 0.05) is 12.2 Å². The Bertz CT molecular complexity index is 1220. The predicted octanol–water partition coefficient (Wildman–Crippen LogP) is 4.07. The van der Waals surface area contributed by atoms with Crippen LogP contribution in [0.15, 0.2) is 71.6 Å². The number of carbonyl (C=O) groups is 1. The third-order valence-corrected chi connectivity index (χ3v) is 7.09. The van der Waals surface area contributed by atoms with Crippen molar-refractivity contribution in [3.05, 3.63) is 83.4 Å². The van der Waals surface area contributed by atoms with E-state index in [1.807, 2.05) is 56.3 Å². The van der Waals surface area contributed by atoms with Gasteiger partial charge in [-0.25, -0.2) is 8.42 Å². The van der Waals surface area contributed by atoms with Crippen molar-refractivity contribution in [2.75, 3.05) is 22.8 Å². The number of hydrogen-bond acceptors (Lipinski definition) is 4. The lowest BCUT2D eigenvalue weighted by atomic mass is 10.1. The van der Waals surface area contributed by atoms with Crippen LogP contribution in [0.3, 0.4) is 0 Å². The molecule has 0 atom stereocenters. The van der Waals surface area contributed by atoms with Crippen LogP contribution in [0.2, 0.25) is 0 Å². The maximum atomic E-state index is 13.1. The second-order valence-corrected chi connectivity index (χ2v) is 9.45. The molecule has 1 aliphatic heterocycles. The minimum absolute atomic E-state index is 0.130. The molecule has 1 N–H and O–H groups in total. The standard InChI is InChI=1S/C24H24N2O4S/c1-17-7-12-23(18(2)15-17)30-16-24(27)25-20-8-10-21(11-9-20)31(28,29)26-14-13-19-5-3-4-6-22(19)26/h3-12,15H,13-14,16H2,1-2H3,(H,25,27). The van der Waals surface area contributed by atoms with Crippen molar-refractivity contribution in [3.8, 4) is 5.75 Å². The van der Waals surface area contributed by atoms with E-state index in [4.69, 9.17) is 4.74 Å². The zero-order valence-corrected chi connectivity index (χ0v) is 18.3. The number of aryl methyl sites for hydroxylation is 2. The second-order valence-electron chi connectivity index (χ2n) is 7.59. The number of anilines is 2. The summed E-state index contributed by atoms with van der Waals surface area (Å²) in [6.07, 6.45) is 0.698. The molecule has 0 fully saturated rings. The van der Waals surface area contributed by atoms with Crippen molar-refractivity contribution in [1.29, 1.82) is 0 Å². The number of hydrogen-bond donors (Lipinski definition) is 1. The van der Waals surface area contributed by atoms with E-state index in [9.17, 15) is 13.2 Å². The lowest BCUT2D eigenvalue weighted by Crippen LogP contribution is -2.29. The maximum absolute atomic E-state index is 13.1. The smallest absolute Gasteiger partial charge is 0.264 e. The number of nitrogens with zero attached hydrogens (tertiary/aromatic N) is 1. The molecule has 6 nitrogen and oxygen atoms in total. The number of benzene rings is 3. The van der Waals surface area contributed by atoms with Gasteiger partial charge in [0.05, 0.1) is 10.6 Å². The molecule has 0 saturated heterocycles. The summed E-state index contributed by atoms with van der Waals surface area (Å²) in [6.45, 7) is 4.22. The summed E-state index contributed by atoms with van der Waals surface area (Å²) in [6, 6.07) is 19.5. The van der Waals surface area contributed by atoms with E-state index in [-0.39, 0.29) is 17.4 Å². The summed E-state index contributed by atoms with van der Waals surface area (Å²) in [5.74, 6) is 0.345. The van der Waals surface area contributed by atoms with Gasteiger partial charge in [0.15, 0.2) is 6.61 Å². The van der Waals surface area contributed by atoms with Crippen LogP contribution >= 0.6 is 0 Å². The van der Waals surface area contributed by atoms with Crippen LogP contribution in [0, 0.1) is 13.8 Å². The molecule has 1 amide bonds. The van der Waals surface area contributed by atoms with Crippen molar-refractivity contribution in [2.45, 2.75) is 25.2 Å². The Morgan fingerprint density at radius 3 is 2.52 bits per heavy atom. The molecule has 0 unspecified atom stereocenters. The largest absolute Gasteiger partial charge is 0.483 e. The summed E-state index contributed by atoms with van der Waals surface area (Å²) in [5.41, 5.74) is 4.35.